The second-order valence-corrected chi connectivity index (χ2v) is 6.40. The van der Waals surface area contributed by atoms with Crippen LogP contribution < -0.4 is 5.32 Å². The fraction of sp³-hybridized carbons (Fsp3) is 0.211. The van der Waals surface area contributed by atoms with Crippen molar-refractivity contribution in [2.75, 3.05) is 6.61 Å². The third kappa shape index (κ3) is 3.68. The number of fused-ring (bicyclic) bond motifs is 1. The highest BCUT2D eigenvalue weighted by atomic mass is 79.9. The number of hydrogen-bond acceptors (Lipinski definition) is 3. The van der Waals surface area contributed by atoms with Gasteiger partial charge >= 0.3 is 5.97 Å². The van der Waals surface area contributed by atoms with Gasteiger partial charge in [0.25, 0.3) is 0 Å². The Labute approximate surface area is 149 Å². The number of hydrogen-bond donors (Lipinski definition) is 2. The molecule has 0 saturated carbocycles. The average Bonchev–Trinajstić information content (AvgIpc) is 2.99. The van der Waals surface area contributed by atoms with Crippen LogP contribution in [0.25, 0.3) is 10.9 Å². The SMILES string of the molecule is CCOC(=O)C(NCc1ccccc1)c1c[nH]c2ccc(Br)cc12. The van der Waals surface area contributed by atoms with E-state index >= 15 is 0 Å². The minimum absolute atomic E-state index is 0.269. The number of benzene rings is 2. The zero-order valence-electron chi connectivity index (χ0n) is 13.4. The molecule has 124 valence electrons. The maximum atomic E-state index is 12.5. The average molecular weight is 387 g/mol. The summed E-state index contributed by atoms with van der Waals surface area (Å²) in [6.07, 6.45) is 1.87. The first-order chi connectivity index (χ1) is 11.7. The summed E-state index contributed by atoms with van der Waals surface area (Å²) in [5.41, 5.74) is 3.00. The molecule has 0 saturated heterocycles. The second-order valence-electron chi connectivity index (χ2n) is 5.49. The molecule has 4 nitrogen and oxygen atoms in total. The zero-order valence-corrected chi connectivity index (χ0v) is 15.0. The Balaban J connectivity index is 1.91. The van der Waals surface area contributed by atoms with Gasteiger partial charge < -0.3 is 9.72 Å². The number of H-pyrrole nitrogens is 1. The maximum Gasteiger partial charge on any atom is 0.327 e. The first-order valence-corrected chi connectivity index (χ1v) is 8.69. The lowest BCUT2D eigenvalue weighted by Crippen LogP contribution is -2.29. The number of nitrogens with one attached hydrogen (secondary N) is 2. The van der Waals surface area contributed by atoms with Gasteiger partial charge in [-0.2, -0.15) is 0 Å². The van der Waals surface area contributed by atoms with Gasteiger partial charge in [0.15, 0.2) is 0 Å². The molecule has 1 atom stereocenters. The minimum Gasteiger partial charge on any atom is -0.465 e. The number of ether oxygens (including phenoxy) is 1. The third-order valence-electron chi connectivity index (χ3n) is 3.86. The molecule has 0 spiro atoms. The fourth-order valence-electron chi connectivity index (χ4n) is 2.71. The van der Waals surface area contributed by atoms with E-state index in [1.165, 1.54) is 0 Å². The van der Waals surface area contributed by atoms with Crippen molar-refractivity contribution in [3.63, 3.8) is 0 Å². The molecule has 2 aromatic carbocycles. The summed E-state index contributed by atoms with van der Waals surface area (Å²) in [6, 6.07) is 15.5. The third-order valence-corrected chi connectivity index (χ3v) is 4.36. The van der Waals surface area contributed by atoms with Crippen LogP contribution in [0.3, 0.4) is 0 Å². The Hall–Kier alpha value is -2.11. The minimum atomic E-state index is -0.520. The van der Waals surface area contributed by atoms with Crippen molar-refractivity contribution in [3.8, 4) is 0 Å². The molecular formula is C19H19BrN2O2. The van der Waals surface area contributed by atoms with E-state index < -0.39 is 6.04 Å². The summed E-state index contributed by atoms with van der Waals surface area (Å²) in [5.74, 6) is -0.269. The molecule has 1 aromatic heterocycles. The van der Waals surface area contributed by atoms with Gasteiger partial charge in [-0.25, -0.2) is 4.79 Å². The van der Waals surface area contributed by atoms with Crippen LogP contribution in [0.1, 0.15) is 24.1 Å². The summed E-state index contributed by atoms with van der Waals surface area (Å²) in [7, 11) is 0. The van der Waals surface area contributed by atoms with Crippen LogP contribution in [0.5, 0.6) is 0 Å². The van der Waals surface area contributed by atoms with Crippen molar-refractivity contribution in [2.45, 2.75) is 19.5 Å². The smallest absolute Gasteiger partial charge is 0.327 e. The van der Waals surface area contributed by atoms with E-state index in [0.29, 0.717) is 13.2 Å². The van der Waals surface area contributed by atoms with Crippen molar-refractivity contribution in [3.05, 3.63) is 70.3 Å². The number of aromatic nitrogens is 1. The van der Waals surface area contributed by atoms with Crippen LogP contribution in [-0.4, -0.2) is 17.6 Å². The molecule has 24 heavy (non-hydrogen) atoms. The normalized spacial score (nSPS) is 12.2. The number of carbonyl (C=O) groups is 1. The molecule has 5 heteroatoms. The summed E-state index contributed by atoms with van der Waals surface area (Å²) in [6.45, 7) is 2.76. The van der Waals surface area contributed by atoms with Crippen molar-refractivity contribution >= 4 is 32.8 Å². The van der Waals surface area contributed by atoms with E-state index in [0.717, 1.165) is 26.5 Å². The van der Waals surface area contributed by atoms with Crippen LogP contribution in [0.15, 0.2) is 59.2 Å². The molecular weight excluding hydrogens is 368 g/mol. The number of carbonyl (C=O) groups excluding carboxylic acids is 1. The Morgan fingerprint density at radius 2 is 2.04 bits per heavy atom. The zero-order chi connectivity index (χ0) is 16.9. The van der Waals surface area contributed by atoms with Crippen molar-refractivity contribution < 1.29 is 9.53 Å². The van der Waals surface area contributed by atoms with Crippen LogP contribution in [0.4, 0.5) is 0 Å². The van der Waals surface area contributed by atoms with Gasteiger partial charge in [-0.15, -0.1) is 0 Å². The van der Waals surface area contributed by atoms with Gasteiger partial charge in [0, 0.05) is 33.7 Å². The molecule has 0 radical (unpaired) electrons. The quantitative estimate of drug-likeness (QED) is 0.620. The molecule has 0 amide bonds. The molecule has 0 aliphatic carbocycles. The van der Waals surface area contributed by atoms with Gasteiger partial charge in [0.1, 0.15) is 6.04 Å². The van der Waals surface area contributed by atoms with Gasteiger partial charge in [0.2, 0.25) is 0 Å². The molecule has 0 bridgehead atoms. The standard InChI is InChI=1S/C19H19BrN2O2/c1-2-24-19(23)18(22-11-13-6-4-3-5-7-13)16-12-21-17-9-8-14(20)10-15(16)17/h3-10,12,18,21-22H,2,11H2,1H3. The largest absolute Gasteiger partial charge is 0.465 e. The van der Waals surface area contributed by atoms with E-state index in [9.17, 15) is 4.79 Å². The van der Waals surface area contributed by atoms with Crippen molar-refractivity contribution in [2.24, 2.45) is 0 Å². The Morgan fingerprint density at radius 3 is 2.79 bits per heavy atom. The summed E-state index contributed by atoms with van der Waals surface area (Å²) >= 11 is 3.49. The Bertz CT molecular complexity index is 830. The molecule has 3 rings (SSSR count). The summed E-state index contributed by atoms with van der Waals surface area (Å²) < 4.78 is 6.24. The number of rotatable bonds is 6. The molecule has 1 unspecified atom stereocenters. The first kappa shape index (κ1) is 16.7. The molecule has 0 aliphatic heterocycles. The highest BCUT2D eigenvalue weighted by molar-refractivity contribution is 9.10. The van der Waals surface area contributed by atoms with Gasteiger partial charge in [-0.3, -0.25) is 5.32 Å². The van der Waals surface area contributed by atoms with E-state index in [4.69, 9.17) is 4.74 Å². The van der Waals surface area contributed by atoms with Crippen molar-refractivity contribution in [1.29, 1.82) is 0 Å². The Kier molecular flexibility index (Phi) is 5.33. The first-order valence-electron chi connectivity index (χ1n) is 7.89. The maximum absolute atomic E-state index is 12.5. The highest BCUT2D eigenvalue weighted by Gasteiger charge is 2.24. The Morgan fingerprint density at radius 1 is 1.25 bits per heavy atom. The number of aromatic amines is 1. The molecule has 0 fully saturated rings. The van der Waals surface area contributed by atoms with Gasteiger partial charge in [0.05, 0.1) is 6.61 Å². The lowest BCUT2D eigenvalue weighted by Gasteiger charge is -2.17. The molecule has 0 aliphatic rings. The highest BCUT2D eigenvalue weighted by Crippen LogP contribution is 2.28. The van der Waals surface area contributed by atoms with E-state index in [-0.39, 0.29) is 5.97 Å². The fourth-order valence-corrected chi connectivity index (χ4v) is 3.08. The van der Waals surface area contributed by atoms with Crippen LogP contribution in [0.2, 0.25) is 0 Å². The number of halogens is 1. The van der Waals surface area contributed by atoms with E-state index in [2.05, 4.69) is 26.2 Å². The molecule has 1 heterocycles. The van der Waals surface area contributed by atoms with Crippen LogP contribution in [-0.2, 0) is 16.1 Å². The molecule has 2 N–H and O–H groups in total. The topological polar surface area (TPSA) is 54.1 Å². The van der Waals surface area contributed by atoms with Crippen LogP contribution in [0, 0.1) is 0 Å². The van der Waals surface area contributed by atoms with Gasteiger partial charge in [-0.05, 0) is 30.7 Å². The van der Waals surface area contributed by atoms with Gasteiger partial charge in [-0.1, -0.05) is 46.3 Å². The lowest BCUT2D eigenvalue weighted by molar-refractivity contribution is -0.145. The monoisotopic (exact) mass is 386 g/mol. The summed E-state index contributed by atoms with van der Waals surface area (Å²) in [4.78, 5) is 15.7. The second kappa shape index (κ2) is 7.64. The lowest BCUT2D eigenvalue weighted by atomic mass is 10.1. The summed E-state index contributed by atoms with van der Waals surface area (Å²) in [5, 5.41) is 4.33. The van der Waals surface area contributed by atoms with Crippen LogP contribution >= 0.6 is 15.9 Å². The van der Waals surface area contributed by atoms with E-state index in [1.807, 2.05) is 61.7 Å². The predicted octanol–water partition coefficient (Wildman–Crippen LogP) is 4.32. The number of esters is 1. The van der Waals surface area contributed by atoms with E-state index in [1.54, 1.807) is 0 Å². The predicted molar refractivity (Wildman–Crippen MR) is 98.7 cm³/mol. The molecule has 3 aromatic rings. The van der Waals surface area contributed by atoms with Crippen molar-refractivity contribution in [1.82, 2.24) is 10.3 Å².